The van der Waals surface area contributed by atoms with Crippen molar-refractivity contribution in [1.29, 1.82) is 0 Å². The molecule has 0 aliphatic heterocycles. The number of hydrogen-bond donors (Lipinski definition) is 1. The van der Waals surface area contributed by atoms with E-state index in [0.29, 0.717) is 43.1 Å². The van der Waals surface area contributed by atoms with Crippen molar-refractivity contribution in [2.45, 2.75) is 32.4 Å². The summed E-state index contributed by atoms with van der Waals surface area (Å²) >= 11 is 6.01. The lowest BCUT2D eigenvalue weighted by molar-refractivity contribution is -0.132. The summed E-state index contributed by atoms with van der Waals surface area (Å²) in [6.45, 7) is 3.09. The van der Waals surface area contributed by atoms with Crippen LogP contribution in [0.25, 0.3) is 0 Å². The Labute approximate surface area is 130 Å². The van der Waals surface area contributed by atoms with Crippen molar-refractivity contribution in [2.24, 2.45) is 5.73 Å². The van der Waals surface area contributed by atoms with Gasteiger partial charge in [-0.25, -0.2) is 4.39 Å². The van der Waals surface area contributed by atoms with Crippen LogP contribution < -0.4 is 5.73 Å². The summed E-state index contributed by atoms with van der Waals surface area (Å²) in [4.78, 5) is 13.9. The Kier molecular flexibility index (Phi) is 7.64. The highest BCUT2D eigenvalue weighted by Crippen LogP contribution is 2.19. The standard InChI is InChI=1S/C15H22ClFN2O2/c1-11(18)3-6-15(20)19(7-8-21-2)10-12-4-5-13(17)9-14(12)16/h4-5,9,11H,3,6-8,10,18H2,1-2H3. The zero-order valence-electron chi connectivity index (χ0n) is 12.4. The van der Waals surface area contributed by atoms with Crippen molar-refractivity contribution in [3.8, 4) is 0 Å². The lowest BCUT2D eigenvalue weighted by atomic mass is 10.1. The van der Waals surface area contributed by atoms with E-state index in [9.17, 15) is 9.18 Å². The molecule has 118 valence electrons. The SMILES string of the molecule is COCCN(Cc1ccc(F)cc1Cl)C(=O)CCC(C)N. The van der Waals surface area contributed by atoms with Gasteiger partial charge >= 0.3 is 0 Å². The highest BCUT2D eigenvalue weighted by atomic mass is 35.5. The molecule has 2 N–H and O–H groups in total. The minimum Gasteiger partial charge on any atom is -0.383 e. The predicted molar refractivity (Wildman–Crippen MR) is 81.6 cm³/mol. The maximum absolute atomic E-state index is 13.1. The fourth-order valence-electron chi connectivity index (χ4n) is 1.86. The van der Waals surface area contributed by atoms with Gasteiger partial charge in [0.2, 0.25) is 5.91 Å². The first kappa shape index (κ1) is 17.9. The highest BCUT2D eigenvalue weighted by molar-refractivity contribution is 6.31. The largest absolute Gasteiger partial charge is 0.383 e. The van der Waals surface area contributed by atoms with Crippen molar-refractivity contribution >= 4 is 17.5 Å². The number of halogens is 2. The smallest absolute Gasteiger partial charge is 0.223 e. The van der Waals surface area contributed by atoms with Gasteiger partial charge in [-0.05, 0) is 31.0 Å². The predicted octanol–water partition coefficient (Wildman–Crippen LogP) is 2.58. The van der Waals surface area contributed by atoms with Crippen LogP contribution in [-0.2, 0) is 16.1 Å². The molecule has 1 aromatic carbocycles. The first-order chi connectivity index (χ1) is 9.93. The third-order valence-corrected chi connectivity index (χ3v) is 3.46. The second kappa shape index (κ2) is 8.97. The van der Waals surface area contributed by atoms with Crippen molar-refractivity contribution in [1.82, 2.24) is 4.90 Å². The fraction of sp³-hybridized carbons (Fsp3) is 0.533. The highest BCUT2D eigenvalue weighted by Gasteiger charge is 2.16. The molecule has 0 aliphatic rings. The van der Waals surface area contributed by atoms with Gasteiger partial charge in [-0.15, -0.1) is 0 Å². The number of nitrogens with zero attached hydrogens (tertiary/aromatic N) is 1. The van der Waals surface area contributed by atoms with E-state index in [1.54, 1.807) is 18.1 Å². The van der Waals surface area contributed by atoms with Crippen LogP contribution in [0.1, 0.15) is 25.3 Å². The van der Waals surface area contributed by atoms with Gasteiger partial charge < -0.3 is 15.4 Å². The number of rotatable bonds is 8. The Bertz CT molecular complexity index is 469. The van der Waals surface area contributed by atoms with E-state index in [1.165, 1.54) is 12.1 Å². The molecule has 0 heterocycles. The molecule has 0 saturated carbocycles. The first-order valence-corrected chi connectivity index (χ1v) is 7.28. The van der Waals surface area contributed by atoms with Crippen LogP contribution >= 0.6 is 11.6 Å². The Morgan fingerprint density at radius 3 is 2.81 bits per heavy atom. The van der Waals surface area contributed by atoms with Crippen LogP contribution in [0.5, 0.6) is 0 Å². The summed E-state index contributed by atoms with van der Waals surface area (Å²) in [5, 5.41) is 0.317. The van der Waals surface area contributed by atoms with Gasteiger partial charge in [0.15, 0.2) is 0 Å². The van der Waals surface area contributed by atoms with Crippen LogP contribution in [-0.4, -0.2) is 37.1 Å². The molecule has 1 unspecified atom stereocenters. The van der Waals surface area contributed by atoms with Crippen LogP contribution in [0.3, 0.4) is 0 Å². The monoisotopic (exact) mass is 316 g/mol. The number of carbonyl (C=O) groups excluding carboxylic acids is 1. The summed E-state index contributed by atoms with van der Waals surface area (Å²) in [6, 6.07) is 4.16. The molecule has 1 aromatic rings. The summed E-state index contributed by atoms with van der Waals surface area (Å²) < 4.78 is 18.1. The number of benzene rings is 1. The normalized spacial score (nSPS) is 12.2. The second-order valence-electron chi connectivity index (χ2n) is 5.06. The third-order valence-electron chi connectivity index (χ3n) is 3.11. The summed E-state index contributed by atoms with van der Waals surface area (Å²) in [7, 11) is 1.58. The van der Waals surface area contributed by atoms with Crippen molar-refractivity contribution in [3.63, 3.8) is 0 Å². The Balaban J connectivity index is 2.74. The van der Waals surface area contributed by atoms with Crippen LogP contribution in [0, 0.1) is 5.82 Å². The molecule has 0 spiro atoms. The van der Waals surface area contributed by atoms with E-state index in [0.717, 1.165) is 0 Å². The van der Waals surface area contributed by atoms with Crippen LogP contribution in [0.4, 0.5) is 4.39 Å². The number of ether oxygens (including phenoxy) is 1. The zero-order valence-corrected chi connectivity index (χ0v) is 13.2. The molecule has 1 atom stereocenters. The van der Waals surface area contributed by atoms with Gasteiger partial charge in [-0.3, -0.25) is 4.79 Å². The average molecular weight is 317 g/mol. The zero-order chi connectivity index (χ0) is 15.8. The number of nitrogens with two attached hydrogens (primary N) is 1. The summed E-state index contributed by atoms with van der Waals surface area (Å²) in [6.07, 6.45) is 1.000. The van der Waals surface area contributed by atoms with Gasteiger partial charge in [0, 0.05) is 37.7 Å². The van der Waals surface area contributed by atoms with E-state index >= 15 is 0 Å². The van der Waals surface area contributed by atoms with Crippen molar-refractivity contribution in [3.05, 3.63) is 34.6 Å². The van der Waals surface area contributed by atoms with E-state index in [-0.39, 0.29) is 11.9 Å². The molecule has 1 amide bonds. The van der Waals surface area contributed by atoms with Gasteiger partial charge in [-0.1, -0.05) is 17.7 Å². The molecule has 4 nitrogen and oxygen atoms in total. The maximum Gasteiger partial charge on any atom is 0.223 e. The van der Waals surface area contributed by atoms with E-state index in [4.69, 9.17) is 22.1 Å². The Morgan fingerprint density at radius 1 is 1.52 bits per heavy atom. The second-order valence-corrected chi connectivity index (χ2v) is 5.47. The topological polar surface area (TPSA) is 55.6 Å². The molecule has 1 rings (SSSR count). The molecule has 0 saturated heterocycles. The molecule has 0 radical (unpaired) electrons. The van der Waals surface area contributed by atoms with E-state index < -0.39 is 5.82 Å². The number of carbonyl (C=O) groups is 1. The van der Waals surface area contributed by atoms with E-state index in [1.807, 2.05) is 6.92 Å². The summed E-state index contributed by atoms with van der Waals surface area (Å²) in [5.41, 5.74) is 6.39. The van der Waals surface area contributed by atoms with Crippen molar-refractivity contribution < 1.29 is 13.9 Å². The number of hydrogen-bond acceptors (Lipinski definition) is 3. The minimum absolute atomic E-state index is 0.00950. The molecule has 0 fully saturated rings. The number of methoxy groups -OCH3 is 1. The number of amides is 1. The minimum atomic E-state index is -0.393. The summed E-state index contributed by atoms with van der Waals surface area (Å²) in [5.74, 6) is -0.403. The van der Waals surface area contributed by atoms with Gasteiger partial charge in [0.25, 0.3) is 0 Å². The van der Waals surface area contributed by atoms with Gasteiger partial charge in [-0.2, -0.15) is 0 Å². The molecule has 0 aliphatic carbocycles. The fourth-order valence-corrected chi connectivity index (χ4v) is 2.09. The van der Waals surface area contributed by atoms with Crippen LogP contribution in [0.15, 0.2) is 18.2 Å². The lowest BCUT2D eigenvalue weighted by Crippen LogP contribution is -2.34. The average Bonchev–Trinajstić information content (AvgIpc) is 2.43. The molecular weight excluding hydrogens is 295 g/mol. The van der Waals surface area contributed by atoms with Crippen molar-refractivity contribution in [2.75, 3.05) is 20.3 Å². The quantitative estimate of drug-likeness (QED) is 0.802. The lowest BCUT2D eigenvalue weighted by Gasteiger charge is -2.23. The van der Waals surface area contributed by atoms with Gasteiger partial charge in [0.1, 0.15) is 5.82 Å². The molecule has 0 bridgehead atoms. The maximum atomic E-state index is 13.1. The first-order valence-electron chi connectivity index (χ1n) is 6.90. The van der Waals surface area contributed by atoms with Gasteiger partial charge in [0.05, 0.1) is 6.61 Å². The molecule has 0 aromatic heterocycles. The third kappa shape index (κ3) is 6.42. The Morgan fingerprint density at radius 2 is 2.24 bits per heavy atom. The molecule has 6 heteroatoms. The van der Waals surface area contributed by atoms with E-state index in [2.05, 4.69) is 0 Å². The Hall–Kier alpha value is -1.17. The molecule has 21 heavy (non-hydrogen) atoms. The van der Waals surface area contributed by atoms with Crippen LogP contribution in [0.2, 0.25) is 5.02 Å². The molecular formula is C15H22ClFN2O2.